The van der Waals surface area contributed by atoms with E-state index in [0.717, 1.165) is 42.3 Å². The van der Waals surface area contributed by atoms with Gasteiger partial charge in [0.2, 0.25) is 5.95 Å². The van der Waals surface area contributed by atoms with Gasteiger partial charge in [-0.05, 0) is 37.3 Å². The van der Waals surface area contributed by atoms with E-state index in [-0.39, 0.29) is 0 Å². The van der Waals surface area contributed by atoms with Gasteiger partial charge in [-0.15, -0.1) is 0 Å². The third-order valence-electron chi connectivity index (χ3n) is 4.12. The second kappa shape index (κ2) is 5.51. The van der Waals surface area contributed by atoms with Crippen LogP contribution in [0.15, 0.2) is 24.3 Å². The fourth-order valence-electron chi connectivity index (χ4n) is 3.14. The van der Waals surface area contributed by atoms with Gasteiger partial charge in [-0.1, -0.05) is 26.0 Å². The van der Waals surface area contributed by atoms with Crippen molar-refractivity contribution in [3.63, 3.8) is 0 Å². The first-order chi connectivity index (χ1) is 10.1. The highest BCUT2D eigenvalue weighted by atomic mass is 15.2. The molecule has 1 aliphatic heterocycles. The van der Waals surface area contributed by atoms with Crippen molar-refractivity contribution in [3.05, 3.63) is 24.3 Å². The molecule has 0 radical (unpaired) electrons. The van der Waals surface area contributed by atoms with Gasteiger partial charge in [-0.25, -0.2) is 4.98 Å². The van der Waals surface area contributed by atoms with Crippen LogP contribution in [-0.2, 0) is 0 Å². The van der Waals surface area contributed by atoms with Crippen molar-refractivity contribution in [1.29, 1.82) is 0 Å². The number of rotatable bonds is 3. The Balaban J connectivity index is 2.07. The maximum Gasteiger partial charge on any atom is 0.225 e. The first kappa shape index (κ1) is 14.1. The zero-order valence-electron chi connectivity index (χ0n) is 13.2. The second-order valence-electron chi connectivity index (χ2n) is 6.61. The molecule has 1 saturated heterocycles. The molecule has 1 N–H and O–H groups in total. The molecule has 0 spiro atoms. The largest absolute Gasteiger partial charge is 0.355 e. The maximum atomic E-state index is 4.78. The quantitative estimate of drug-likeness (QED) is 0.933. The lowest BCUT2D eigenvalue weighted by molar-refractivity contribution is 0.292. The van der Waals surface area contributed by atoms with Crippen molar-refractivity contribution in [2.75, 3.05) is 29.9 Å². The van der Waals surface area contributed by atoms with Gasteiger partial charge in [0.25, 0.3) is 0 Å². The number of nitrogens with zero attached hydrogens (tertiary/aromatic N) is 3. The molecule has 2 aromatic rings. The zero-order chi connectivity index (χ0) is 14.9. The summed E-state index contributed by atoms with van der Waals surface area (Å²) in [6, 6.07) is 8.30. The molecule has 0 amide bonds. The average Bonchev–Trinajstić information content (AvgIpc) is 2.46. The van der Waals surface area contributed by atoms with Crippen LogP contribution >= 0.6 is 0 Å². The van der Waals surface area contributed by atoms with E-state index in [1.54, 1.807) is 0 Å². The van der Waals surface area contributed by atoms with Gasteiger partial charge < -0.3 is 10.2 Å². The number of benzene rings is 1. The predicted molar refractivity (Wildman–Crippen MR) is 88.9 cm³/mol. The average molecular weight is 284 g/mol. The lowest BCUT2D eigenvalue weighted by Crippen LogP contribution is -2.40. The van der Waals surface area contributed by atoms with Crippen LogP contribution in [0.3, 0.4) is 0 Å². The van der Waals surface area contributed by atoms with Crippen molar-refractivity contribution < 1.29 is 0 Å². The molecule has 21 heavy (non-hydrogen) atoms. The molecule has 0 saturated carbocycles. The summed E-state index contributed by atoms with van der Waals surface area (Å²) in [4.78, 5) is 11.8. The van der Waals surface area contributed by atoms with Crippen molar-refractivity contribution >= 4 is 22.7 Å². The van der Waals surface area contributed by atoms with E-state index in [1.807, 2.05) is 6.07 Å². The number of aromatic nitrogens is 2. The number of anilines is 2. The number of hydrogen-bond donors (Lipinski definition) is 1. The molecular weight excluding hydrogens is 260 g/mol. The van der Waals surface area contributed by atoms with Gasteiger partial charge in [-0.2, -0.15) is 4.98 Å². The van der Waals surface area contributed by atoms with Crippen LogP contribution in [-0.4, -0.2) is 29.6 Å². The molecule has 112 valence electrons. The molecule has 4 heteroatoms. The van der Waals surface area contributed by atoms with Gasteiger partial charge in [0.1, 0.15) is 5.82 Å². The minimum atomic E-state index is 0.350. The standard InChI is InChI=1S/C17H24N4/c1-4-18-16-19-14-9-6-5-8-13(14)15(20-16)21-11-7-10-17(2,3)12-21/h5-6,8-9H,4,7,10-12H2,1-3H3,(H,18,19,20). The topological polar surface area (TPSA) is 41.1 Å². The molecule has 1 aromatic carbocycles. The lowest BCUT2D eigenvalue weighted by Gasteiger charge is -2.39. The Morgan fingerprint density at radius 3 is 2.81 bits per heavy atom. The minimum Gasteiger partial charge on any atom is -0.355 e. The van der Waals surface area contributed by atoms with Gasteiger partial charge in [0.05, 0.1) is 5.52 Å². The Hall–Kier alpha value is -1.84. The monoisotopic (exact) mass is 284 g/mol. The van der Waals surface area contributed by atoms with E-state index in [9.17, 15) is 0 Å². The Labute approximate surface area is 126 Å². The highest BCUT2D eigenvalue weighted by Crippen LogP contribution is 2.34. The summed E-state index contributed by atoms with van der Waals surface area (Å²) in [7, 11) is 0. The Morgan fingerprint density at radius 1 is 1.24 bits per heavy atom. The lowest BCUT2D eigenvalue weighted by atomic mass is 9.84. The molecule has 0 bridgehead atoms. The van der Waals surface area contributed by atoms with Crippen LogP contribution in [0.2, 0.25) is 0 Å². The van der Waals surface area contributed by atoms with E-state index in [0.29, 0.717) is 5.41 Å². The normalized spacial score (nSPS) is 18.0. The molecule has 3 rings (SSSR count). The van der Waals surface area contributed by atoms with E-state index >= 15 is 0 Å². The van der Waals surface area contributed by atoms with Crippen molar-refractivity contribution in [3.8, 4) is 0 Å². The Morgan fingerprint density at radius 2 is 2.05 bits per heavy atom. The molecule has 1 aliphatic rings. The summed E-state index contributed by atoms with van der Waals surface area (Å²) in [5.74, 6) is 1.80. The summed E-state index contributed by atoms with van der Waals surface area (Å²) >= 11 is 0. The fourth-order valence-corrected chi connectivity index (χ4v) is 3.14. The van der Waals surface area contributed by atoms with E-state index in [1.165, 1.54) is 12.8 Å². The summed E-state index contributed by atoms with van der Waals surface area (Å²) < 4.78 is 0. The first-order valence-corrected chi connectivity index (χ1v) is 7.85. The summed E-state index contributed by atoms with van der Waals surface area (Å²) in [5, 5.41) is 4.40. The summed E-state index contributed by atoms with van der Waals surface area (Å²) in [6.07, 6.45) is 2.51. The number of fused-ring (bicyclic) bond motifs is 1. The molecule has 1 fully saturated rings. The van der Waals surface area contributed by atoms with Crippen LogP contribution in [0.25, 0.3) is 10.9 Å². The zero-order valence-corrected chi connectivity index (χ0v) is 13.2. The van der Waals surface area contributed by atoms with E-state index in [2.05, 4.69) is 54.2 Å². The van der Waals surface area contributed by atoms with Crippen LogP contribution in [0.5, 0.6) is 0 Å². The SMILES string of the molecule is CCNc1nc(N2CCCC(C)(C)C2)c2ccccc2n1. The third-order valence-corrected chi connectivity index (χ3v) is 4.12. The summed E-state index contributed by atoms with van der Waals surface area (Å²) in [6.45, 7) is 9.72. The van der Waals surface area contributed by atoms with E-state index < -0.39 is 0 Å². The van der Waals surface area contributed by atoms with Crippen molar-refractivity contribution in [1.82, 2.24) is 9.97 Å². The van der Waals surface area contributed by atoms with Gasteiger partial charge in [0.15, 0.2) is 0 Å². The molecule has 1 aromatic heterocycles. The van der Waals surface area contributed by atoms with E-state index in [4.69, 9.17) is 4.98 Å². The highest BCUT2D eigenvalue weighted by Gasteiger charge is 2.28. The van der Waals surface area contributed by atoms with Gasteiger partial charge >= 0.3 is 0 Å². The van der Waals surface area contributed by atoms with Crippen LogP contribution in [0, 0.1) is 5.41 Å². The fraction of sp³-hybridized carbons (Fsp3) is 0.529. The molecule has 0 unspecified atom stereocenters. The van der Waals surface area contributed by atoms with Crippen molar-refractivity contribution in [2.24, 2.45) is 5.41 Å². The van der Waals surface area contributed by atoms with Gasteiger partial charge in [-0.3, -0.25) is 0 Å². The van der Waals surface area contributed by atoms with Crippen LogP contribution < -0.4 is 10.2 Å². The Kier molecular flexibility index (Phi) is 3.70. The molecule has 0 atom stereocenters. The molecule has 4 nitrogen and oxygen atoms in total. The minimum absolute atomic E-state index is 0.350. The Bertz CT molecular complexity index is 636. The smallest absolute Gasteiger partial charge is 0.225 e. The predicted octanol–water partition coefficient (Wildman–Crippen LogP) is 3.69. The molecule has 0 aliphatic carbocycles. The summed E-state index contributed by atoms with van der Waals surface area (Å²) in [5.41, 5.74) is 1.37. The number of piperidine rings is 1. The second-order valence-corrected chi connectivity index (χ2v) is 6.61. The number of nitrogens with one attached hydrogen (secondary N) is 1. The third kappa shape index (κ3) is 2.94. The van der Waals surface area contributed by atoms with Crippen LogP contribution in [0.1, 0.15) is 33.6 Å². The first-order valence-electron chi connectivity index (χ1n) is 7.85. The van der Waals surface area contributed by atoms with Crippen LogP contribution in [0.4, 0.5) is 11.8 Å². The van der Waals surface area contributed by atoms with Crippen molar-refractivity contribution in [2.45, 2.75) is 33.6 Å². The number of para-hydroxylation sites is 1. The molecular formula is C17H24N4. The van der Waals surface area contributed by atoms with Gasteiger partial charge in [0, 0.05) is 25.0 Å². The maximum absolute atomic E-state index is 4.78. The number of hydrogen-bond acceptors (Lipinski definition) is 4. The molecule has 2 heterocycles. The highest BCUT2D eigenvalue weighted by molar-refractivity contribution is 5.90.